The highest BCUT2D eigenvalue weighted by atomic mass is 14.2. The fourth-order valence-electron chi connectivity index (χ4n) is 2.38. The molecule has 1 aliphatic carbocycles. The molecule has 0 aliphatic heterocycles. The standard InChI is InChI=1S/C13H26/c1-3-12(2)10-11-13-8-6-4-5-7-9-13/h12-13H,3-11H2,1-2H3. The summed E-state index contributed by atoms with van der Waals surface area (Å²) >= 11 is 0. The molecule has 1 fully saturated rings. The Morgan fingerprint density at radius 1 is 1.08 bits per heavy atom. The first-order valence-electron chi connectivity index (χ1n) is 6.33. The SMILES string of the molecule is CCC(C)CCC1CCCCCC1. The Hall–Kier alpha value is 0. The highest BCUT2D eigenvalue weighted by molar-refractivity contribution is 4.65. The third-order valence-electron chi connectivity index (χ3n) is 3.74. The highest BCUT2D eigenvalue weighted by Crippen LogP contribution is 2.28. The lowest BCUT2D eigenvalue weighted by atomic mass is 9.90. The highest BCUT2D eigenvalue weighted by Gasteiger charge is 2.12. The molecule has 0 aromatic carbocycles. The van der Waals surface area contributed by atoms with Gasteiger partial charge in [-0.05, 0) is 11.8 Å². The van der Waals surface area contributed by atoms with E-state index in [0.29, 0.717) is 0 Å². The molecule has 13 heavy (non-hydrogen) atoms. The third-order valence-corrected chi connectivity index (χ3v) is 3.74. The molecule has 78 valence electrons. The maximum Gasteiger partial charge on any atom is -0.0414 e. The molecule has 1 rings (SSSR count). The summed E-state index contributed by atoms with van der Waals surface area (Å²) in [5.41, 5.74) is 0. The van der Waals surface area contributed by atoms with Crippen LogP contribution in [0.2, 0.25) is 0 Å². The van der Waals surface area contributed by atoms with Gasteiger partial charge in [0.1, 0.15) is 0 Å². The molecule has 0 spiro atoms. The molecule has 0 radical (unpaired) electrons. The second-order valence-corrected chi connectivity index (χ2v) is 4.95. The van der Waals surface area contributed by atoms with Crippen LogP contribution in [0.15, 0.2) is 0 Å². The lowest BCUT2D eigenvalue weighted by Crippen LogP contribution is -2.02. The van der Waals surface area contributed by atoms with E-state index in [9.17, 15) is 0 Å². The van der Waals surface area contributed by atoms with Gasteiger partial charge in [-0.2, -0.15) is 0 Å². The molecule has 0 heterocycles. The van der Waals surface area contributed by atoms with Gasteiger partial charge in [0, 0.05) is 0 Å². The predicted molar refractivity (Wildman–Crippen MR) is 59.9 cm³/mol. The smallest absolute Gasteiger partial charge is 0.0414 e. The summed E-state index contributed by atoms with van der Waals surface area (Å²) in [5, 5.41) is 0. The molecule has 0 bridgehead atoms. The summed E-state index contributed by atoms with van der Waals surface area (Å²) in [6, 6.07) is 0. The summed E-state index contributed by atoms with van der Waals surface area (Å²) in [4.78, 5) is 0. The van der Waals surface area contributed by atoms with E-state index < -0.39 is 0 Å². The van der Waals surface area contributed by atoms with Crippen LogP contribution in [0.25, 0.3) is 0 Å². The quantitative estimate of drug-likeness (QED) is 0.549. The van der Waals surface area contributed by atoms with Crippen LogP contribution in [0.4, 0.5) is 0 Å². The van der Waals surface area contributed by atoms with Crippen molar-refractivity contribution in [3.05, 3.63) is 0 Å². The predicted octanol–water partition coefficient (Wildman–Crippen LogP) is 4.78. The van der Waals surface area contributed by atoms with Crippen molar-refractivity contribution in [1.29, 1.82) is 0 Å². The molecule has 1 saturated carbocycles. The molecule has 0 nitrogen and oxygen atoms in total. The molecule has 1 unspecified atom stereocenters. The van der Waals surface area contributed by atoms with Gasteiger partial charge in [-0.1, -0.05) is 71.6 Å². The molecule has 0 heteroatoms. The zero-order valence-corrected chi connectivity index (χ0v) is 9.52. The molecular formula is C13H26. The van der Waals surface area contributed by atoms with Crippen molar-refractivity contribution in [1.82, 2.24) is 0 Å². The fraction of sp³-hybridized carbons (Fsp3) is 1.00. The molecular weight excluding hydrogens is 156 g/mol. The molecule has 0 N–H and O–H groups in total. The summed E-state index contributed by atoms with van der Waals surface area (Å²) in [5.74, 6) is 2.04. The molecule has 1 aliphatic rings. The molecule has 0 saturated heterocycles. The summed E-state index contributed by atoms with van der Waals surface area (Å²) in [6.07, 6.45) is 13.4. The summed E-state index contributed by atoms with van der Waals surface area (Å²) < 4.78 is 0. The first-order chi connectivity index (χ1) is 6.33. The zero-order valence-electron chi connectivity index (χ0n) is 9.52. The van der Waals surface area contributed by atoms with E-state index >= 15 is 0 Å². The maximum absolute atomic E-state index is 2.40. The maximum atomic E-state index is 2.40. The minimum atomic E-state index is 0.961. The van der Waals surface area contributed by atoms with Gasteiger partial charge in [-0.15, -0.1) is 0 Å². The Kier molecular flexibility index (Phi) is 5.50. The first kappa shape index (κ1) is 11.1. The minimum Gasteiger partial charge on any atom is -0.0651 e. The van der Waals surface area contributed by atoms with E-state index in [-0.39, 0.29) is 0 Å². The van der Waals surface area contributed by atoms with Gasteiger partial charge < -0.3 is 0 Å². The summed E-state index contributed by atoms with van der Waals surface area (Å²) in [7, 11) is 0. The van der Waals surface area contributed by atoms with Crippen LogP contribution in [0.1, 0.15) is 71.6 Å². The van der Waals surface area contributed by atoms with Crippen molar-refractivity contribution in [3.63, 3.8) is 0 Å². The van der Waals surface area contributed by atoms with Crippen LogP contribution >= 0.6 is 0 Å². The molecule has 0 aromatic heterocycles. The van der Waals surface area contributed by atoms with Gasteiger partial charge in [0.15, 0.2) is 0 Å². The van der Waals surface area contributed by atoms with E-state index in [4.69, 9.17) is 0 Å². The largest absolute Gasteiger partial charge is 0.0651 e. The average Bonchev–Trinajstić information content (AvgIpc) is 2.42. The second kappa shape index (κ2) is 6.45. The minimum absolute atomic E-state index is 0.961. The van der Waals surface area contributed by atoms with Crippen molar-refractivity contribution in [2.45, 2.75) is 71.6 Å². The van der Waals surface area contributed by atoms with Crippen molar-refractivity contribution < 1.29 is 0 Å². The van der Waals surface area contributed by atoms with Crippen LogP contribution in [-0.4, -0.2) is 0 Å². The lowest BCUT2D eigenvalue weighted by Gasteiger charge is -2.16. The number of rotatable bonds is 4. The van der Waals surface area contributed by atoms with E-state index in [0.717, 1.165) is 11.8 Å². The van der Waals surface area contributed by atoms with Crippen molar-refractivity contribution in [3.8, 4) is 0 Å². The van der Waals surface area contributed by atoms with E-state index in [2.05, 4.69) is 13.8 Å². The zero-order chi connectivity index (χ0) is 9.52. The Morgan fingerprint density at radius 2 is 1.69 bits per heavy atom. The van der Waals surface area contributed by atoms with Crippen LogP contribution < -0.4 is 0 Å². The topological polar surface area (TPSA) is 0 Å². The van der Waals surface area contributed by atoms with Crippen LogP contribution in [0.5, 0.6) is 0 Å². The first-order valence-corrected chi connectivity index (χ1v) is 6.33. The van der Waals surface area contributed by atoms with Gasteiger partial charge in [0.05, 0.1) is 0 Å². The van der Waals surface area contributed by atoms with Gasteiger partial charge in [-0.3, -0.25) is 0 Å². The number of hydrogen-bond donors (Lipinski definition) is 0. The number of hydrogen-bond acceptors (Lipinski definition) is 0. The van der Waals surface area contributed by atoms with Crippen LogP contribution in [-0.2, 0) is 0 Å². The van der Waals surface area contributed by atoms with Gasteiger partial charge in [-0.25, -0.2) is 0 Å². The fourth-order valence-corrected chi connectivity index (χ4v) is 2.38. The molecule has 0 amide bonds. The third kappa shape index (κ3) is 4.69. The van der Waals surface area contributed by atoms with Gasteiger partial charge in [0.2, 0.25) is 0 Å². The molecule has 0 aromatic rings. The summed E-state index contributed by atoms with van der Waals surface area (Å²) in [6.45, 7) is 4.72. The van der Waals surface area contributed by atoms with E-state index in [1.807, 2.05) is 0 Å². The van der Waals surface area contributed by atoms with E-state index in [1.54, 1.807) is 0 Å². The lowest BCUT2D eigenvalue weighted by molar-refractivity contribution is 0.370. The Labute approximate surface area is 84.1 Å². The monoisotopic (exact) mass is 182 g/mol. The average molecular weight is 182 g/mol. The van der Waals surface area contributed by atoms with Crippen LogP contribution in [0, 0.1) is 11.8 Å². The Bertz CT molecular complexity index is 109. The Balaban J connectivity index is 2.11. The normalized spacial score (nSPS) is 22.6. The van der Waals surface area contributed by atoms with Gasteiger partial charge in [0.25, 0.3) is 0 Å². The van der Waals surface area contributed by atoms with Crippen molar-refractivity contribution in [2.75, 3.05) is 0 Å². The van der Waals surface area contributed by atoms with Gasteiger partial charge >= 0.3 is 0 Å². The molecule has 1 atom stereocenters. The van der Waals surface area contributed by atoms with Crippen LogP contribution in [0.3, 0.4) is 0 Å². The second-order valence-electron chi connectivity index (χ2n) is 4.95. The van der Waals surface area contributed by atoms with Crippen molar-refractivity contribution >= 4 is 0 Å². The Morgan fingerprint density at radius 3 is 2.23 bits per heavy atom. The van der Waals surface area contributed by atoms with Crippen molar-refractivity contribution in [2.24, 2.45) is 11.8 Å². The van der Waals surface area contributed by atoms with E-state index in [1.165, 1.54) is 57.8 Å².